The third kappa shape index (κ3) is 4.67. The van der Waals surface area contributed by atoms with Crippen molar-refractivity contribution in [3.05, 3.63) is 34.9 Å². The summed E-state index contributed by atoms with van der Waals surface area (Å²) in [4.78, 5) is 11.1. The Morgan fingerprint density at radius 3 is 2.60 bits per heavy atom. The molecule has 1 atom stereocenters. The van der Waals surface area contributed by atoms with Crippen LogP contribution in [0.5, 0.6) is 0 Å². The van der Waals surface area contributed by atoms with E-state index in [1.807, 2.05) is 24.3 Å². The molecular weight excluding hydrogens is 277 g/mol. The molecule has 0 aliphatic rings. The quantitative estimate of drug-likeness (QED) is 0.849. The van der Waals surface area contributed by atoms with Crippen molar-refractivity contribution in [3.63, 3.8) is 0 Å². The summed E-state index contributed by atoms with van der Waals surface area (Å²) < 4.78 is 0. The zero-order chi connectivity index (χ0) is 11.3. The van der Waals surface area contributed by atoms with E-state index in [1.165, 1.54) is 5.56 Å². The van der Waals surface area contributed by atoms with Crippen molar-refractivity contribution in [2.24, 2.45) is 0 Å². The van der Waals surface area contributed by atoms with Gasteiger partial charge in [-0.2, -0.15) is 0 Å². The van der Waals surface area contributed by atoms with Crippen LogP contribution in [0.15, 0.2) is 24.3 Å². The fraction of sp³-hybridized carbons (Fsp3) is 0.364. The molecule has 0 fully saturated rings. The summed E-state index contributed by atoms with van der Waals surface area (Å²) in [6.45, 7) is 2.45. The highest BCUT2D eigenvalue weighted by atomic mass is 79.9. The number of carbonyl (C=O) groups excluding carboxylic acids is 1. The minimum Gasteiger partial charge on any atom is -0.355 e. The largest absolute Gasteiger partial charge is 0.355 e. The Kier molecular flexibility index (Phi) is 5.12. The van der Waals surface area contributed by atoms with Gasteiger partial charge in [-0.15, -0.1) is 0 Å². The summed E-state index contributed by atoms with van der Waals surface area (Å²) in [5, 5.41) is 3.56. The summed E-state index contributed by atoms with van der Waals surface area (Å²) in [6.07, 6.45) is 0.822. The molecule has 0 unspecified atom stereocenters. The maximum atomic E-state index is 11.2. The van der Waals surface area contributed by atoms with Crippen molar-refractivity contribution in [2.45, 2.75) is 18.2 Å². The first-order valence-electron chi connectivity index (χ1n) is 4.76. The van der Waals surface area contributed by atoms with E-state index >= 15 is 0 Å². The van der Waals surface area contributed by atoms with E-state index in [0.29, 0.717) is 6.54 Å². The Hall–Kier alpha value is -0.540. The summed E-state index contributed by atoms with van der Waals surface area (Å²) in [5.74, 6) is 0.0176. The summed E-state index contributed by atoms with van der Waals surface area (Å²) in [5.41, 5.74) is 1.17. The van der Waals surface area contributed by atoms with Crippen LogP contribution in [-0.4, -0.2) is 17.3 Å². The Morgan fingerprint density at radius 1 is 1.47 bits per heavy atom. The normalized spacial score (nSPS) is 12.2. The molecule has 0 heterocycles. The molecule has 1 amide bonds. The summed E-state index contributed by atoms with van der Waals surface area (Å²) >= 11 is 8.97. The zero-order valence-electron chi connectivity index (χ0n) is 8.47. The first kappa shape index (κ1) is 12.5. The molecule has 2 nitrogen and oxygen atoms in total. The van der Waals surface area contributed by atoms with Gasteiger partial charge in [0.15, 0.2) is 0 Å². The van der Waals surface area contributed by atoms with E-state index in [1.54, 1.807) is 6.92 Å². The molecule has 82 valence electrons. The van der Waals surface area contributed by atoms with Crippen LogP contribution >= 0.6 is 27.5 Å². The van der Waals surface area contributed by atoms with Crippen molar-refractivity contribution in [1.29, 1.82) is 0 Å². The molecule has 0 aliphatic carbocycles. The van der Waals surface area contributed by atoms with Gasteiger partial charge < -0.3 is 5.32 Å². The second kappa shape index (κ2) is 6.13. The van der Waals surface area contributed by atoms with Gasteiger partial charge in [-0.25, -0.2) is 0 Å². The Labute approximate surface area is 103 Å². The molecule has 0 aliphatic heterocycles. The second-order valence-corrected chi connectivity index (χ2v) is 5.09. The van der Waals surface area contributed by atoms with Crippen LogP contribution in [0, 0.1) is 0 Å². The van der Waals surface area contributed by atoms with Gasteiger partial charge >= 0.3 is 0 Å². The number of hydrogen-bond acceptors (Lipinski definition) is 1. The average molecular weight is 291 g/mol. The highest BCUT2D eigenvalue weighted by Crippen LogP contribution is 2.09. The number of hydrogen-bond donors (Lipinski definition) is 1. The van der Waals surface area contributed by atoms with Crippen LogP contribution in [-0.2, 0) is 11.2 Å². The van der Waals surface area contributed by atoms with Gasteiger partial charge in [0, 0.05) is 11.6 Å². The summed E-state index contributed by atoms with van der Waals surface area (Å²) in [6, 6.07) is 7.63. The zero-order valence-corrected chi connectivity index (χ0v) is 10.8. The molecular formula is C11H13BrClNO. The van der Waals surface area contributed by atoms with Gasteiger partial charge in [-0.05, 0) is 31.0 Å². The van der Waals surface area contributed by atoms with Crippen molar-refractivity contribution < 1.29 is 4.79 Å². The number of halogens is 2. The number of rotatable bonds is 4. The van der Waals surface area contributed by atoms with Crippen molar-refractivity contribution in [1.82, 2.24) is 5.32 Å². The Bertz CT molecular complexity index is 324. The van der Waals surface area contributed by atoms with E-state index in [4.69, 9.17) is 11.6 Å². The average Bonchev–Trinajstić information content (AvgIpc) is 2.20. The molecule has 0 saturated carbocycles. The van der Waals surface area contributed by atoms with Crippen LogP contribution in [0.3, 0.4) is 0 Å². The van der Waals surface area contributed by atoms with Gasteiger partial charge in [0.1, 0.15) is 0 Å². The van der Waals surface area contributed by atoms with E-state index in [9.17, 15) is 4.79 Å². The Morgan fingerprint density at radius 2 is 2.07 bits per heavy atom. The third-order valence-electron chi connectivity index (χ3n) is 1.99. The van der Waals surface area contributed by atoms with Crippen molar-refractivity contribution >= 4 is 33.4 Å². The smallest absolute Gasteiger partial charge is 0.233 e. The second-order valence-electron chi connectivity index (χ2n) is 3.28. The lowest BCUT2D eigenvalue weighted by Crippen LogP contribution is -2.30. The third-order valence-corrected chi connectivity index (χ3v) is 2.66. The molecule has 0 bridgehead atoms. The Balaban J connectivity index is 2.32. The maximum absolute atomic E-state index is 11.2. The van der Waals surface area contributed by atoms with Crippen molar-refractivity contribution in [3.8, 4) is 0 Å². The van der Waals surface area contributed by atoms with Gasteiger partial charge in [0.25, 0.3) is 0 Å². The van der Waals surface area contributed by atoms with Crippen LogP contribution in [0.2, 0.25) is 5.02 Å². The minimum atomic E-state index is -0.136. The minimum absolute atomic E-state index is 0.0176. The van der Waals surface area contributed by atoms with E-state index < -0.39 is 0 Å². The van der Waals surface area contributed by atoms with Crippen molar-refractivity contribution in [2.75, 3.05) is 6.54 Å². The molecule has 0 radical (unpaired) electrons. The molecule has 0 saturated heterocycles. The topological polar surface area (TPSA) is 29.1 Å². The molecule has 0 aromatic heterocycles. The van der Waals surface area contributed by atoms with Crippen LogP contribution in [0.25, 0.3) is 0 Å². The maximum Gasteiger partial charge on any atom is 0.233 e. The lowest BCUT2D eigenvalue weighted by molar-refractivity contribution is -0.120. The molecule has 1 rings (SSSR count). The van der Waals surface area contributed by atoms with Crippen LogP contribution in [0.1, 0.15) is 12.5 Å². The lowest BCUT2D eigenvalue weighted by atomic mass is 10.1. The highest BCUT2D eigenvalue weighted by Gasteiger charge is 2.06. The van der Waals surface area contributed by atoms with Gasteiger partial charge in [0.05, 0.1) is 4.83 Å². The SMILES string of the molecule is C[C@H](Br)C(=O)NCCc1ccc(Cl)cc1. The standard InChI is InChI=1S/C11H13BrClNO/c1-8(12)11(15)14-7-6-9-2-4-10(13)5-3-9/h2-5,8H,6-7H2,1H3,(H,14,15)/t8-/m0/s1. The highest BCUT2D eigenvalue weighted by molar-refractivity contribution is 9.10. The number of benzene rings is 1. The fourth-order valence-electron chi connectivity index (χ4n) is 1.12. The van der Waals surface area contributed by atoms with Gasteiger partial charge in [0.2, 0.25) is 5.91 Å². The number of carbonyl (C=O) groups is 1. The van der Waals surface area contributed by atoms with E-state index in [-0.39, 0.29) is 10.7 Å². The molecule has 1 aromatic rings. The van der Waals surface area contributed by atoms with Gasteiger partial charge in [-0.3, -0.25) is 4.79 Å². The number of alkyl halides is 1. The fourth-order valence-corrected chi connectivity index (χ4v) is 1.41. The molecule has 1 aromatic carbocycles. The molecule has 0 spiro atoms. The van der Waals surface area contributed by atoms with E-state index in [2.05, 4.69) is 21.2 Å². The predicted molar refractivity (Wildman–Crippen MR) is 66.6 cm³/mol. The van der Waals surface area contributed by atoms with E-state index in [0.717, 1.165) is 11.4 Å². The van der Waals surface area contributed by atoms with Crippen LogP contribution in [0.4, 0.5) is 0 Å². The lowest BCUT2D eigenvalue weighted by Gasteiger charge is -2.06. The predicted octanol–water partition coefficient (Wildman–Crippen LogP) is 2.78. The van der Waals surface area contributed by atoms with Gasteiger partial charge in [-0.1, -0.05) is 39.7 Å². The molecule has 1 N–H and O–H groups in total. The first-order valence-corrected chi connectivity index (χ1v) is 6.05. The number of nitrogens with one attached hydrogen (secondary N) is 1. The molecule has 4 heteroatoms. The monoisotopic (exact) mass is 289 g/mol. The summed E-state index contributed by atoms with van der Waals surface area (Å²) in [7, 11) is 0. The first-order chi connectivity index (χ1) is 7.09. The molecule has 15 heavy (non-hydrogen) atoms. The number of amides is 1. The van der Waals surface area contributed by atoms with Crippen LogP contribution < -0.4 is 5.32 Å².